The van der Waals surface area contributed by atoms with Crippen LogP contribution in [0.2, 0.25) is 0 Å². The molecule has 0 N–H and O–H groups in total. The lowest BCUT2D eigenvalue weighted by atomic mass is 10.0. The maximum Gasteiger partial charge on any atom is 0.119 e. The predicted octanol–water partition coefficient (Wildman–Crippen LogP) is 4.35. The van der Waals surface area contributed by atoms with Crippen LogP contribution in [-0.4, -0.2) is 12.4 Å². The van der Waals surface area contributed by atoms with E-state index in [4.69, 9.17) is 4.74 Å². The van der Waals surface area contributed by atoms with E-state index in [-0.39, 0.29) is 0 Å². The van der Waals surface area contributed by atoms with E-state index in [9.17, 15) is 0 Å². The molecule has 0 aliphatic heterocycles. The molecule has 2 aromatic rings. The molecular formula is C15H15BrO. The Kier molecular flexibility index (Phi) is 2.83. The average molecular weight is 291 g/mol. The first-order valence-electron chi connectivity index (χ1n) is 5.95. The highest BCUT2D eigenvalue weighted by Crippen LogP contribution is 2.48. The van der Waals surface area contributed by atoms with Crippen LogP contribution in [0.1, 0.15) is 17.9 Å². The summed E-state index contributed by atoms with van der Waals surface area (Å²) in [5, 5.41) is 3.69. The first-order chi connectivity index (χ1) is 8.31. The summed E-state index contributed by atoms with van der Waals surface area (Å²) in [6.07, 6.45) is 1.33. The van der Waals surface area contributed by atoms with Crippen molar-refractivity contribution >= 4 is 26.7 Å². The fourth-order valence-corrected chi connectivity index (χ4v) is 3.14. The zero-order valence-corrected chi connectivity index (χ0v) is 11.4. The number of fused-ring (bicyclic) bond motifs is 1. The van der Waals surface area contributed by atoms with Crippen LogP contribution in [0, 0.1) is 5.92 Å². The van der Waals surface area contributed by atoms with Gasteiger partial charge in [-0.2, -0.15) is 0 Å². The Morgan fingerprint density at radius 1 is 1.18 bits per heavy atom. The van der Waals surface area contributed by atoms with Gasteiger partial charge in [-0.3, -0.25) is 0 Å². The molecule has 3 rings (SSSR count). The van der Waals surface area contributed by atoms with Gasteiger partial charge in [0.05, 0.1) is 7.11 Å². The number of ether oxygens (including phenoxy) is 1. The third-order valence-electron chi connectivity index (χ3n) is 3.62. The summed E-state index contributed by atoms with van der Waals surface area (Å²) >= 11 is 3.57. The lowest BCUT2D eigenvalue weighted by Gasteiger charge is -2.05. The van der Waals surface area contributed by atoms with Crippen LogP contribution < -0.4 is 4.74 Å². The van der Waals surface area contributed by atoms with Gasteiger partial charge in [0, 0.05) is 5.33 Å². The van der Waals surface area contributed by atoms with E-state index >= 15 is 0 Å². The Bertz CT molecular complexity index is 550. The molecule has 1 nitrogen and oxygen atoms in total. The summed E-state index contributed by atoms with van der Waals surface area (Å²) in [4.78, 5) is 0. The van der Waals surface area contributed by atoms with Crippen LogP contribution in [0.5, 0.6) is 5.75 Å². The third kappa shape index (κ3) is 2.06. The fraction of sp³-hybridized carbons (Fsp3) is 0.333. The van der Waals surface area contributed by atoms with Gasteiger partial charge in [0.1, 0.15) is 5.75 Å². The summed E-state index contributed by atoms with van der Waals surface area (Å²) in [5.74, 6) is 2.53. The van der Waals surface area contributed by atoms with Gasteiger partial charge in [0.25, 0.3) is 0 Å². The molecule has 1 aliphatic rings. The maximum absolute atomic E-state index is 5.24. The molecule has 1 fully saturated rings. The number of benzene rings is 2. The molecule has 2 aromatic carbocycles. The zero-order valence-electron chi connectivity index (χ0n) is 9.82. The largest absolute Gasteiger partial charge is 0.497 e. The van der Waals surface area contributed by atoms with Crippen molar-refractivity contribution in [1.29, 1.82) is 0 Å². The quantitative estimate of drug-likeness (QED) is 0.764. The summed E-state index contributed by atoms with van der Waals surface area (Å²) in [7, 11) is 1.71. The SMILES string of the molecule is COc1ccc2cc(C3CC3CBr)ccc2c1. The van der Waals surface area contributed by atoms with Crippen LogP contribution in [-0.2, 0) is 0 Å². The number of halogens is 1. The molecule has 0 saturated heterocycles. The van der Waals surface area contributed by atoms with Crippen molar-refractivity contribution in [3.8, 4) is 5.75 Å². The number of rotatable bonds is 3. The molecule has 2 heteroatoms. The Hall–Kier alpha value is -1.02. The van der Waals surface area contributed by atoms with Crippen molar-refractivity contribution in [2.24, 2.45) is 5.92 Å². The summed E-state index contributed by atoms with van der Waals surface area (Å²) in [6.45, 7) is 0. The van der Waals surface area contributed by atoms with Crippen molar-refractivity contribution in [2.75, 3.05) is 12.4 Å². The van der Waals surface area contributed by atoms with E-state index in [1.165, 1.54) is 22.8 Å². The zero-order chi connectivity index (χ0) is 11.8. The maximum atomic E-state index is 5.24. The molecule has 1 aliphatic carbocycles. The molecule has 17 heavy (non-hydrogen) atoms. The summed E-state index contributed by atoms with van der Waals surface area (Å²) in [5.41, 5.74) is 1.48. The molecule has 0 heterocycles. The van der Waals surface area contributed by atoms with Crippen molar-refractivity contribution in [1.82, 2.24) is 0 Å². The van der Waals surface area contributed by atoms with E-state index in [1.807, 2.05) is 6.07 Å². The number of hydrogen-bond donors (Lipinski definition) is 0. The van der Waals surface area contributed by atoms with Crippen LogP contribution in [0.25, 0.3) is 10.8 Å². The van der Waals surface area contributed by atoms with E-state index in [2.05, 4.69) is 46.3 Å². The lowest BCUT2D eigenvalue weighted by Crippen LogP contribution is -1.86. The minimum absolute atomic E-state index is 0.765. The van der Waals surface area contributed by atoms with Gasteiger partial charge in [0.15, 0.2) is 0 Å². The third-order valence-corrected chi connectivity index (χ3v) is 4.45. The minimum Gasteiger partial charge on any atom is -0.497 e. The Morgan fingerprint density at radius 3 is 2.65 bits per heavy atom. The molecule has 0 bridgehead atoms. The van der Waals surface area contributed by atoms with E-state index < -0.39 is 0 Å². The van der Waals surface area contributed by atoms with Crippen molar-refractivity contribution < 1.29 is 4.74 Å². The Morgan fingerprint density at radius 2 is 1.94 bits per heavy atom. The first kappa shape index (κ1) is 11.1. The van der Waals surface area contributed by atoms with Crippen molar-refractivity contribution in [3.63, 3.8) is 0 Å². The van der Waals surface area contributed by atoms with Gasteiger partial charge in [-0.15, -0.1) is 0 Å². The smallest absolute Gasteiger partial charge is 0.119 e. The van der Waals surface area contributed by atoms with E-state index in [0.717, 1.165) is 22.9 Å². The standard InChI is InChI=1S/C15H15BrO/c1-17-14-5-4-10-6-12(3-2-11(10)7-14)15-8-13(15)9-16/h2-7,13,15H,8-9H2,1H3. The molecule has 0 spiro atoms. The van der Waals surface area contributed by atoms with Crippen LogP contribution in [0.15, 0.2) is 36.4 Å². The van der Waals surface area contributed by atoms with Crippen LogP contribution in [0.4, 0.5) is 0 Å². The second-order valence-electron chi connectivity index (χ2n) is 4.73. The molecule has 88 valence electrons. The van der Waals surface area contributed by atoms with Gasteiger partial charge < -0.3 is 4.74 Å². The van der Waals surface area contributed by atoms with E-state index in [1.54, 1.807) is 7.11 Å². The highest BCUT2D eigenvalue weighted by atomic mass is 79.9. The second-order valence-corrected chi connectivity index (χ2v) is 5.38. The Balaban J connectivity index is 1.97. The molecule has 0 radical (unpaired) electrons. The molecular weight excluding hydrogens is 276 g/mol. The van der Waals surface area contributed by atoms with Crippen molar-refractivity contribution in [2.45, 2.75) is 12.3 Å². The molecule has 2 atom stereocenters. The highest BCUT2D eigenvalue weighted by molar-refractivity contribution is 9.09. The topological polar surface area (TPSA) is 9.23 Å². The Labute approximate surface area is 110 Å². The van der Waals surface area contributed by atoms with Crippen LogP contribution in [0.3, 0.4) is 0 Å². The van der Waals surface area contributed by atoms with Gasteiger partial charge in [0.2, 0.25) is 0 Å². The van der Waals surface area contributed by atoms with E-state index in [0.29, 0.717) is 0 Å². The average Bonchev–Trinajstić information content (AvgIpc) is 3.17. The van der Waals surface area contributed by atoms with Gasteiger partial charge in [-0.05, 0) is 46.7 Å². The second kappa shape index (κ2) is 4.34. The lowest BCUT2D eigenvalue weighted by molar-refractivity contribution is 0.415. The van der Waals surface area contributed by atoms with Gasteiger partial charge in [-0.1, -0.05) is 40.2 Å². The predicted molar refractivity (Wildman–Crippen MR) is 75.1 cm³/mol. The van der Waals surface area contributed by atoms with Gasteiger partial charge >= 0.3 is 0 Å². The van der Waals surface area contributed by atoms with Crippen LogP contribution >= 0.6 is 15.9 Å². The molecule has 1 saturated carbocycles. The highest BCUT2D eigenvalue weighted by Gasteiger charge is 2.36. The molecule has 0 amide bonds. The number of hydrogen-bond acceptors (Lipinski definition) is 1. The summed E-state index contributed by atoms with van der Waals surface area (Å²) < 4.78 is 5.24. The first-order valence-corrected chi connectivity index (χ1v) is 7.07. The molecule has 0 aromatic heterocycles. The van der Waals surface area contributed by atoms with Gasteiger partial charge in [-0.25, -0.2) is 0 Å². The minimum atomic E-state index is 0.765. The normalized spacial score (nSPS) is 22.7. The van der Waals surface area contributed by atoms with Crippen molar-refractivity contribution in [3.05, 3.63) is 42.0 Å². The molecule has 2 unspecified atom stereocenters. The number of alkyl halides is 1. The fourth-order valence-electron chi connectivity index (χ4n) is 2.43. The number of methoxy groups -OCH3 is 1. The monoisotopic (exact) mass is 290 g/mol. The summed E-state index contributed by atoms with van der Waals surface area (Å²) in [6, 6.07) is 13.0.